The summed E-state index contributed by atoms with van der Waals surface area (Å²) < 4.78 is 18.0. The van der Waals surface area contributed by atoms with Crippen LogP contribution in [0.3, 0.4) is 0 Å². The number of carbonyl (C=O) groups is 1. The molecule has 22 heavy (non-hydrogen) atoms. The summed E-state index contributed by atoms with van der Waals surface area (Å²) in [4.78, 5) is 21.9. The molecule has 0 amide bonds. The molecule has 3 rings (SSSR count). The molecule has 5 nitrogen and oxygen atoms in total. The number of hydrogen-bond acceptors (Lipinski definition) is 5. The van der Waals surface area contributed by atoms with Crippen molar-refractivity contribution < 1.29 is 13.9 Å². The van der Waals surface area contributed by atoms with E-state index in [1.165, 1.54) is 19.4 Å². The first-order chi connectivity index (χ1) is 10.7. The van der Waals surface area contributed by atoms with E-state index in [4.69, 9.17) is 0 Å². The maximum Gasteiger partial charge on any atom is 0.358 e. The van der Waals surface area contributed by atoms with Crippen LogP contribution in [0.5, 0.6) is 0 Å². The first-order valence-corrected chi connectivity index (χ1v) is 7.11. The predicted octanol–water partition coefficient (Wildman–Crippen LogP) is 2.74. The minimum absolute atomic E-state index is 0.0778. The van der Waals surface area contributed by atoms with E-state index in [9.17, 15) is 9.18 Å². The summed E-state index contributed by atoms with van der Waals surface area (Å²) in [5.41, 5.74) is 1.10. The average molecular weight is 301 g/mol. The number of esters is 1. The first kappa shape index (κ1) is 14.4. The van der Waals surface area contributed by atoms with Crippen molar-refractivity contribution in [1.82, 2.24) is 9.97 Å². The van der Waals surface area contributed by atoms with Crippen molar-refractivity contribution in [1.29, 1.82) is 0 Å². The molecule has 1 fully saturated rings. The smallest absolute Gasteiger partial charge is 0.358 e. The van der Waals surface area contributed by atoms with Crippen LogP contribution in [-0.2, 0) is 4.74 Å². The molecule has 1 aromatic heterocycles. The summed E-state index contributed by atoms with van der Waals surface area (Å²) >= 11 is 0. The molecule has 1 saturated heterocycles. The minimum Gasteiger partial charge on any atom is -0.464 e. The van der Waals surface area contributed by atoms with Crippen molar-refractivity contribution in [3.05, 3.63) is 53.7 Å². The highest BCUT2D eigenvalue weighted by Crippen LogP contribution is 2.34. The van der Waals surface area contributed by atoms with Gasteiger partial charge in [-0.05, 0) is 30.5 Å². The molecule has 0 spiro atoms. The van der Waals surface area contributed by atoms with Crippen LogP contribution in [0.4, 0.5) is 10.2 Å². The largest absolute Gasteiger partial charge is 0.464 e. The molecule has 1 aliphatic heterocycles. The second-order valence-corrected chi connectivity index (χ2v) is 5.16. The van der Waals surface area contributed by atoms with Gasteiger partial charge in [0.25, 0.3) is 0 Å². The molecule has 0 radical (unpaired) electrons. The highest BCUT2D eigenvalue weighted by atomic mass is 19.1. The summed E-state index contributed by atoms with van der Waals surface area (Å²) in [5.74, 6) is -0.0713. The minimum atomic E-state index is -0.512. The van der Waals surface area contributed by atoms with Gasteiger partial charge in [-0.15, -0.1) is 0 Å². The van der Waals surface area contributed by atoms with Gasteiger partial charge in [-0.3, -0.25) is 0 Å². The molecule has 2 aromatic rings. The second-order valence-electron chi connectivity index (χ2n) is 5.16. The second kappa shape index (κ2) is 6.09. The summed E-state index contributed by atoms with van der Waals surface area (Å²) in [6.45, 7) is 0.827. The van der Waals surface area contributed by atoms with Crippen LogP contribution < -0.4 is 4.90 Å². The topological polar surface area (TPSA) is 55.3 Å². The summed E-state index contributed by atoms with van der Waals surface area (Å²) in [6.07, 6.45) is 4.90. The highest BCUT2D eigenvalue weighted by Gasteiger charge is 2.27. The van der Waals surface area contributed by atoms with Crippen molar-refractivity contribution >= 4 is 11.8 Å². The number of hydrogen-bond donors (Lipinski definition) is 0. The van der Waals surface area contributed by atoms with Crippen LogP contribution in [-0.4, -0.2) is 29.6 Å². The Kier molecular flexibility index (Phi) is 4.00. The zero-order valence-electron chi connectivity index (χ0n) is 12.2. The standard InChI is InChI=1S/C16H16FN3O2/c1-22-16(21)13-9-19-15(10-18-13)20-7-3-6-14(20)11-4-2-5-12(17)8-11/h2,4-5,8-10,14H,3,6-7H2,1H3. The number of rotatable bonds is 3. The molecule has 0 bridgehead atoms. The highest BCUT2D eigenvalue weighted by molar-refractivity contribution is 5.86. The lowest BCUT2D eigenvalue weighted by molar-refractivity contribution is 0.0593. The Balaban J connectivity index is 1.85. The lowest BCUT2D eigenvalue weighted by Gasteiger charge is -2.25. The third-order valence-corrected chi connectivity index (χ3v) is 3.81. The van der Waals surface area contributed by atoms with E-state index in [-0.39, 0.29) is 17.6 Å². The quantitative estimate of drug-likeness (QED) is 0.816. The molecule has 1 aliphatic rings. The molecule has 1 unspecified atom stereocenters. The number of halogens is 1. The molecule has 0 saturated carbocycles. The summed E-state index contributed by atoms with van der Waals surface area (Å²) in [7, 11) is 1.30. The van der Waals surface area contributed by atoms with Crippen molar-refractivity contribution in [3.63, 3.8) is 0 Å². The van der Waals surface area contributed by atoms with Gasteiger partial charge in [0.15, 0.2) is 5.69 Å². The van der Waals surface area contributed by atoms with Crippen LogP contribution in [0, 0.1) is 5.82 Å². The van der Waals surface area contributed by atoms with Crippen LogP contribution >= 0.6 is 0 Å². The zero-order chi connectivity index (χ0) is 15.5. The van der Waals surface area contributed by atoms with Crippen LogP contribution in [0.25, 0.3) is 0 Å². The van der Waals surface area contributed by atoms with Gasteiger partial charge in [0, 0.05) is 6.54 Å². The zero-order valence-corrected chi connectivity index (χ0v) is 12.2. The summed E-state index contributed by atoms with van der Waals surface area (Å²) in [5, 5.41) is 0. The number of methoxy groups -OCH3 is 1. The third-order valence-electron chi connectivity index (χ3n) is 3.81. The number of nitrogens with zero attached hydrogens (tertiary/aromatic N) is 3. The van der Waals surface area contributed by atoms with Crippen molar-refractivity contribution in [2.45, 2.75) is 18.9 Å². The van der Waals surface area contributed by atoms with Crippen LogP contribution in [0.15, 0.2) is 36.7 Å². The van der Waals surface area contributed by atoms with Crippen LogP contribution in [0.1, 0.15) is 34.9 Å². The fourth-order valence-electron chi connectivity index (χ4n) is 2.78. The van der Waals surface area contributed by atoms with E-state index in [0.717, 1.165) is 24.9 Å². The summed E-state index contributed by atoms with van der Waals surface area (Å²) in [6, 6.07) is 6.71. The van der Waals surface area contributed by atoms with E-state index >= 15 is 0 Å². The number of ether oxygens (including phenoxy) is 1. The molecule has 0 N–H and O–H groups in total. The average Bonchev–Trinajstić information content (AvgIpc) is 3.04. The Hall–Kier alpha value is -2.50. The number of anilines is 1. The van der Waals surface area contributed by atoms with E-state index < -0.39 is 5.97 Å². The molecule has 114 valence electrons. The maximum absolute atomic E-state index is 13.4. The molecule has 6 heteroatoms. The van der Waals surface area contributed by atoms with Gasteiger partial charge in [0.2, 0.25) is 0 Å². The number of carbonyl (C=O) groups excluding carboxylic acids is 1. The lowest BCUT2D eigenvalue weighted by Crippen LogP contribution is -2.24. The molecule has 1 aromatic carbocycles. The predicted molar refractivity (Wildman–Crippen MR) is 79.1 cm³/mol. The van der Waals surface area contributed by atoms with Gasteiger partial charge in [-0.2, -0.15) is 0 Å². The lowest BCUT2D eigenvalue weighted by atomic mass is 10.0. The van der Waals surface area contributed by atoms with Gasteiger partial charge in [-0.1, -0.05) is 12.1 Å². The van der Waals surface area contributed by atoms with Gasteiger partial charge in [0.1, 0.15) is 11.6 Å². The Morgan fingerprint density at radius 2 is 2.23 bits per heavy atom. The monoisotopic (exact) mass is 301 g/mol. The van der Waals surface area contributed by atoms with E-state index in [0.29, 0.717) is 5.82 Å². The Bertz CT molecular complexity index is 675. The maximum atomic E-state index is 13.4. The Morgan fingerprint density at radius 3 is 2.91 bits per heavy atom. The molecule has 1 atom stereocenters. The van der Waals surface area contributed by atoms with Crippen molar-refractivity contribution in [2.75, 3.05) is 18.6 Å². The SMILES string of the molecule is COC(=O)c1cnc(N2CCCC2c2cccc(F)c2)cn1. The Labute approximate surface area is 127 Å². The number of aromatic nitrogens is 2. The fourth-order valence-corrected chi connectivity index (χ4v) is 2.78. The normalized spacial score (nSPS) is 17.5. The van der Waals surface area contributed by atoms with Gasteiger partial charge >= 0.3 is 5.97 Å². The molecule has 0 aliphatic carbocycles. The van der Waals surface area contributed by atoms with Crippen molar-refractivity contribution in [3.8, 4) is 0 Å². The van der Waals surface area contributed by atoms with E-state index in [1.54, 1.807) is 18.3 Å². The third kappa shape index (κ3) is 2.77. The van der Waals surface area contributed by atoms with E-state index in [2.05, 4.69) is 19.6 Å². The molecular weight excluding hydrogens is 285 g/mol. The fraction of sp³-hybridized carbons (Fsp3) is 0.312. The Morgan fingerprint density at radius 1 is 1.36 bits per heavy atom. The van der Waals surface area contributed by atoms with Crippen molar-refractivity contribution in [2.24, 2.45) is 0 Å². The molecular formula is C16H16FN3O2. The number of benzene rings is 1. The van der Waals surface area contributed by atoms with Gasteiger partial charge < -0.3 is 9.64 Å². The van der Waals surface area contributed by atoms with Gasteiger partial charge in [-0.25, -0.2) is 19.2 Å². The first-order valence-electron chi connectivity index (χ1n) is 7.11. The van der Waals surface area contributed by atoms with Gasteiger partial charge in [0.05, 0.1) is 25.5 Å². The van der Waals surface area contributed by atoms with E-state index in [1.807, 2.05) is 6.07 Å². The van der Waals surface area contributed by atoms with Crippen LogP contribution in [0.2, 0.25) is 0 Å². The molecule has 2 heterocycles.